The highest BCUT2D eigenvalue weighted by Gasteiger charge is 2.04. The maximum atomic E-state index is 8.54. The van der Waals surface area contributed by atoms with Gasteiger partial charge in [-0.2, -0.15) is 21.0 Å². The maximum Gasteiger partial charge on any atom is 0.219 e. The lowest BCUT2D eigenvalue weighted by Gasteiger charge is -2.04. The molecule has 0 aromatic carbocycles. The smallest absolute Gasteiger partial charge is 0.219 e. The molecule has 10 nitrogen and oxygen atoms in total. The van der Waals surface area contributed by atoms with E-state index in [4.69, 9.17) is 32.5 Å². The van der Waals surface area contributed by atoms with Crippen LogP contribution in [0, 0.1) is 45.8 Å². The zero-order valence-corrected chi connectivity index (χ0v) is 12.0. The molecule has 0 aliphatic carbocycles. The summed E-state index contributed by atoms with van der Waals surface area (Å²) in [7, 11) is 0. The van der Waals surface area contributed by atoms with E-state index in [0.717, 1.165) is 25.7 Å². The molecule has 0 aromatic heterocycles. The largest absolute Gasteiger partial charge is 0.368 e. The monoisotopic (exact) mass is 300 g/mol. The second-order valence-electron chi connectivity index (χ2n) is 3.96. The van der Waals surface area contributed by atoms with E-state index in [1.807, 2.05) is 0 Å². The van der Waals surface area contributed by atoms with Crippen molar-refractivity contribution in [3.63, 3.8) is 0 Å². The van der Waals surface area contributed by atoms with Gasteiger partial charge in [-0.1, -0.05) is 12.8 Å². The molecular weight excluding hydrogens is 284 g/mol. The molecule has 0 aliphatic heterocycles. The van der Waals surface area contributed by atoms with Crippen molar-refractivity contribution in [3.05, 3.63) is 0 Å². The first-order valence-electron chi connectivity index (χ1n) is 6.39. The summed E-state index contributed by atoms with van der Waals surface area (Å²) in [5.41, 5.74) is 10.9. The summed E-state index contributed by atoms with van der Waals surface area (Å²) in [5.74, 6) is -0.231. The van der Waals surface area contributed by atoms with Gasteiger partial charge < -0.3 is 11.5 Å². The summed E-state index contributed by atoms with van der Waals surface area (Å²) < 4.78 is 0. The minimum absolute atomic E-state index is 0.115. The third kappa shape index (κ3) is 7.18. The van der Waals surface area contributed by atoms with Gasteiger partial charge in [0, 0.05) is 13.1 Å². The van der Waals surface area contributed by atoms with Crippen molar-refractivity contribution in [3.8, 4) is 24.8 Å². The van der Waals surface area contributed by atoms with Gasteiger partial charge in [0.2, 0.25) is 36.7 Å². The Labute approximate surface area is 128 Å². The topological polar surface area (TPSA) is 178 Å². The fourth-order valence-electron chi connectivity index (χ4n) is 1.36. The SMILES string of the molecule is N#CN(C#N)C(N)=NCCCCCCN=C(N)N(C#N)C#N. The minimum Gasteiger partial charge on any atom is -0.368 e. The third-order valence-corrected chi connectivity index (χ3v) is 2.47. The standard InChI is InChI=1S/C12H16N10/c13-7-21(8-14)11(17)19-5-3-1-2-4-6-20-12(18)22(9-15)10-16/h1-6H2,(H2,17,19)(H2,18,20). The molecule has 0 aliphatic rings. The highest BCUT2D eigenvalue weighted by atomic mass is 15.2. The molecule has 114 valence electrons. The molecular formula is C12H16N10. The van der Waals surface area contributed by atoms with Crippen LogP contribution in [0.1, 0.15) is 25.7 Å². The second-order valence-corrected chi connectivity index (χ2v) is 3.96. The Hall–Kier alpha value is -3.50. The van der Waals surface area contributed by atoms with Crippen LogP contribution in [-0.4, -0.2) is 34.8 Å². The van der Waals surface area contributed by atoms with Crippen molar-refractivity contribution in [2.24, 2.45) is 21.5 Å². The van der Waals surface area contributed by atoms with Crippen molar-refractivity contribution >= 4 is 11.9 Å². The third-order valence-electron chi connectivity index (χ3n) is 2.47. The molecule has 4 N–H and O–H groups in total. The van der Waals surface area contributed by atoms with E-state index in [9.17, 15) is 0 Å². The van der Waals surface area contributed by atoms with Crippen LogP contribution in [0.2, 0.25) is 0 Å². The number of nitrogens with zero attached hydrogens (tertiary/aromatic N) is 8. The predicted molar refractivity (Wildman–Crippen MR) is 77.6 cm³/mol. The lowest BCUT2D eigenvalue weighted by molar-refractivity contribution is 0.646. The van der Waals surface area contributed by atoms with E-state index < -0.39 is 0 Å². The Kier molecular flexibility index (Phi) is 9.53. The number of aliphatic imine (C=N–C) groups is 2. The van der Waals surface area contributed by atoms with Crippen LogP contribution in [0.15, 0.2) is 9.98 Å². The van der Waals surface area contributed by atoms with Crippen LogP contribution < -0.4 is 11.5 Å². The van der Waals surface area contributed by atoms with E-state index in [-0.39, 0.29) is 11.9 Å². The molecule has 0 heterocycles. The molecule has 0 spiro atoms. The number of rotatable bonds is 7. The molecule has 22 heavy (non-hydrogen) atoms. The highest BCUT2D eigenvalue weighted by molar-refractivity contribution is 5.81. The fourth-order valence-corrected chi connectivity index (χ4v) is 1.36. The summed E-state index contributed by atoms with van der Waals surface area (Å²) in [6.07, 6.45) is 9.61. The minimum atomic E-state index is -0.115. The number of unbranched alkanes of at least 4 members (excludes halogenated alkanes) is 3. The van der Waals surface area contributed by atoms with Gasteiger partial charge in [-0.3, -0.25) is 9.98 Å². The van der Waals surface area contributed by atoms with E-state index in [2.05, 4.69) is 9.98 Å². The van der Waals surface area contributed by atoms with Gasteiger partial charge in [0.25, 0.3) is 0 Å². The molecule has 0 bridgehead atoms. The maximum absolute atomic E-state index is 8.54. The first-order chi connectivity index (χ1) is 10.6. The summed E-state index contributed by atoms with van der Waals surface area (Å²) in [6.45, 7) is 0.849. The van der Waals surface area contributed by atoms with Gasteiger partial charge in [-0.15, -0.1) is 9.80 Å². The first-order valence-corrected chi connectivity index (χ1v) is 6.39. The van der Waals surface area contributed by atoms with Crippen LogP contribution in [0.4, 0.5) is 0 Å². The van der Waals surface area contributed by atoms with E-state index >= 15 is 0 Å². The van der Waals surface area contributed by atoms with Gasteiger partial charge in [-0.25, -0.2) is 0 Å². The molecule has 0 unspecified atom stereocenters. The van der Waals surface area contributed by atoms with E-state index in [1.165, 1.54) is 0 Å². The van der Waals surface area contributed by atoms with Gasteiger partial charge >= 0.3 is 0 Å². The predicted octanol–water partition coefficient (Wildman–Crippen LogP) is -0.295. The Morgan fingerprint density at radius 2 is 1.00 bits per heavy atom. The summed E-state index contributed by atoms with van der Waals surface area (Å²) in [5, 5.41) is 34.2. The van der Waals surface area contributed by atoms with E-state index in [1.54, 1.807) is 24.8 Å². The molecule has 0 saturated heterocycles. The normalized spacial score (nSPS) is 10.7. The molecule has 0 fully saturated rings. The van der Waals surface area contributed by atoms with Crippen molar-refractivity contribution in [1.82, 2.24) is 9.80 Å². The van der Waals surface area contributed by atoms with Crippen molar-refractivity contribution < 1.29 is 0 Å². The number of guanidine groups is 2. The number of nitrogens with two attached hydrogens (primary N) is 2. The van der Waals surface area contributed by atoms with Gasteiger partial charge in [-0.05, 0) is 12.8 Å². The summed E-state index contributed by atoms with van der Waals surface area (Å²) in [4.78, 5) is 9.08. The molecule has 0 saturated carbocycles. The van der Waals surface area contributed by atoms with Crippen molar-refractivity contribution in [1.29, 1.82) is 21.0 Å². The summed E-state index contributed by atoms with van der Waals surface area (Å²) in [6, 6.07) is 0. The lowest BCUT2D eigenvalue weighted by Crippen LogP contribution is -2.29. The quantitative estimate of drug-likeness (QED) is 0.211. The van der Waals surface area contributed by atoms with Crippen LogP contribution in [-0.2, 0) is 0 Å². The average molecular weight is 300 g/mol. The molecule has 0 aromatic rings. The Bertz CT molecular complexity index is 485. The van der Waals surface area contributed by atoms with Crippen LogP contribution in [0.3, 0.4) is 0 Å². The molecule has 0 amide bonds. The number of hydrogen-bond acceptors (Lipinski definition) is 6. The number of nitriles is 4. The Balaban J connectivity index is 3.86. The van der Waals surface area contributed by atoms with Crippen LogP contribution >= 0.6 is 0 Å². The van der Waals surface area contributed by atoms with Gasteiger partial charge in [0.15, 0.2) is 0 Å². The lowest BCUT2D eigenvalue weighted by atomic mass is 10.2. The Morgan fingerprint density at radius 1 is 0.682 bits per heavy atom. The molecule has 0 radical (unpaired) electrons. The average Bonchev–Trinajstić information content (AvgIpc) is 2.52. The van der Waals surface area contributed by atoms with Gasteiger partial charge in [0.1, 0.15) is 0 Å². The highest BCUT2D eigenvalue weighted by Crippen LogP contribution is 2.01. The van der Waals surface area contributed by atoms with Crippen molar-refractivity contribution in [2.75, 3.05) is 13.1 Å². The summed E-state index contributed by atoms with van der Waals surface area (Å²) >= 11 is 0. The number of hydrogen-bond donors (Lipinski definition) is 2. The van der Waals surface area contributed by atoms with Crippen LogP contribution in [0.25, 0.3) is 0 Å². The zero-order valence-electron chi connectivity index (χ0n) is 12.0. The first kappa shape index (κ1) is 18.5. The van der Waals surface area contributed by atoms with E-state index in [0.29, 0.717) is 22.9 Å². The van der Waals surface area contributed by atoms with Crippen LogP contribution in [0.5, 0.6) is 0 Å². The molecule has 0 rings (SSSR count). The van der Waals surface area contributed by atoms with Gasteiger partial charge in [0.05, 0.1) is 0 Å². The van der Waals surface area contributed by atoms with Crippen molar-refractivity contribution in [2.45, 2.75) is 25.7 Å². The zero-order chi connectivity index (χ0) is 16.8. The fraction of sp³-hybridized carbons (Fsp3) is 0.500. The Morgan fingerprint density at radius 3 is 1.27 bits per heavy atom. The molecule has 0 atom stereocenters. The molecule has 10 heteroatoms. The second kappa shape index (κ2) is 11.3.